The van der Waals surface area contributed by atoms with Gasteiger partial charge in [0.2, 0.25) is 0 Å². The van der Waals surface area contributed by atoms with Crippen molar-refractivity contribution in [2.45, 2.75) is 37.8 Å². The predicted molar refractivity (Wildman–Crippen MR) is 145 cm³/mol. The highest BCUT2D eigenvalue weighted by Crippen LogP contribution is 2.36. The SMILES string of the molecule is COc1cc2cc(C(c3nnnn3C3CCCC3)N3CCN(c4ccccc4)CC3)c(=O)[nH]c2cc1OC. The van der Waals surface area contributed by atoms with E-state index in [1.807, 2.05) is 22.9 Å². The van der Waals surface area contributed by atoms with E-state index in [2.05, 4.69) is 54.6 Å². The number of piperazine rings is 1. The molecule has 10 heteroatoms. The molecule has 1 saturated heterocycles. The van der Waals surface area contributed by atoms with Crippen molar-refractivity contribution in [3.05, 3.63) is 70.3 Å². The lowest BCUT2D eigenvalue weighted by Gasteiger charge is -2.39. The van der Waals surface area contributed by atoms with Crippen LogP contribution >= 0.6 is 0 Å². The molecule has 0 bridgehead atoms. The summed E-state index contributed by atoms with van der Waals surface area (Å²) in [4.78, 5) is 21.5. The molecule has 10 nitrogen and oxygen atoms in total. The third-order valence-corrected chi connectivity index (χ3v) is 7.91. The van der Waals surface area contributed by atoms with Crippen LogP contribution in [0.1, 0.15) is 49.2 Å². The monoisotopic (exact) mass is 515 g/mol. The molecule has 2 aromatic heterocycles. The van der Waals surface area contributed by atoms with Gasteiger partial charge in [0.05, 0.1) is 25.8 Å². The molecular formula is C28H33N7O3. The van der Waals surface area contributed by atoms with Crippen molar-refractivity contribution in [1.29, 1.82) is 0 Å². The number of aromatic amines is 1. The quantitative estimate of drug-likeness (QED) is 0.399. The van der Waals surface area contributed by atoms with Crippen LogP contribution in [0, 0.1) is 0 Å². The number of methoxy groups -OCH3 is 2. The molecule has 0 radical (unpaired) electrons. The summed E-state index contributed by atoms with van der Waals surface area (Å²) in [5.74, 6) is 1.92. The molecule has 198 valence electrons. The smallest absolute Gasteiger partial charge is 0.253 e. The highest BCUT2D eigenvalue weighted by atomic mass is 16.5. The lowest BCUT2D eigenvalue weighted by molar-refractivity contribution is 0.197. The predicted octanol–water partition coefficient (Wildman–Crippen LogP) is 3.56. The third kappa shape index (κ3) is 4.49. The van der Waals surface area contributed by atoms with Gasteiger partial charge in [0.15, 0.2) is 17.3 Å². The van der Waals surface area contributed by atoms with E-state index in [9.17, 15) is 4.79 Å². The van der Waals surface area contributed by atoms with E-state index in [0.29, 0.717) is 22.6 Å². The fourth-order valence-electron chi connectivity index (χ4n) is 5.92. The van der Waals surface area contributed by atoms with Crippen LogP contribution < -0.4 is 19.9 Å². The molecule has 1 saturated carbocycles. The maximum Gasteiger partial charge on any atom is 0.253 e. The van der Waals surface area contributed by atoms with Crippen LogP contribution in [0.2, 0.25) is 0 Å². The number of anilines is 1. The van der Waals surface area contributed by atoms with Gasteiger partial charge in [-0.25, -0.2) is 4.68 Å². The van der Waals surface area contributed by atoms with E-state index in [-0.39, 0.29) is 17.6 Å². The zero-order valence-electron chi connectivity index (χ0n) is 21.8. The van der Waals surface area contributed by atoms with Crippen molar-refractivity contribution in [1.82, 2.24) is 30.1 Å². The molecule has 4 aromatic rings. The van der Waals surface area contributed by atoms with Gasteiger partial charge in [0, 0.05) is 48.9 Å². The summed E-state index contributed by atoms with van der Waals surface area (Å²) < 4.78 is 13.0. The van der Waals surface area contributed by atoms with Gasteiger partial charge in [-0.1, -0.05) is 31.0 Å². The molecule has 0 spiro atoms. The number of hydrogen-bond donors (Lipinski definition) is 1. The largest absolute Gasteiger partial charge is 0.493 e. The lowest BCUT2D eigenvalue weighted by Crippen LogP contribution is -2.49. The van der Waals surface area contributed by atoms with Crippen LogP contribution in [-0.4, -0.2) is 70.5 Å². The minimum absolute atomic E-state index is 0.152. The Morgan fingerprint density at radius 2 is 1.66 bits per heavy atom. The number of ether oxygens (including phenoxy) is 2. The molecule has 2 aliphatic rings. The average Bonchev–Trinajstić information content (AvgIpc) is 3.66. The first-order valence-corrected chi connectivity index (χ1v) is 13.3. The molecule has 2 fully saturated rings. The van der Waals surface area contributed by atoms with Gasteiger partial charge >= 0.3 is 0 Å². The van der Waals surface area contributed by atoms with Crippen LogP contribution in [-0.2, 0) is 0 Å². The minimum atomic E-state index is -0.371. The van der Waals surface area contributed by atoms with Gasteiger partial charge in [0.1, 0.15) is 6.04 Å². The molecule has 38 heavy (non-hydrogen) atoms. The number of rotatable bonds is 7. The van der Waals surface area contributed by atoms with Gasteiger partial charge in [-0.05, 0) is 47.5 Å². The fourth-order valence-corrected chi connectivity index (χ4v) is 5.92. The second kappa shape index (κ2) is 10.4. The number of para-hydroxylation sites is 1. The zero-order valence-corrected chi connectivity index (χ0v) is 21.8. The third-order valence-electron chi connectivity index (χ3n) is 7.91. The van der Waals surface area contributed by atoms with Gasteiger partial charge in [-0.15, -0.1) is 5.10 Å². The number of benzene rings is 2. The van der Waals surface area contributed by atoms with E-state index in [1.165, 1.54) is 18.5 Å². The second-order valence-electron chi connectivity index (χ2n) is 10.0. The molecule has 1 unspecified atom stereocenters. The number of aromatic nitrogens is 5. The van der Waals surface area contributed by atoms with E-state index >= 15 is 0 Å². The Labute approximate surface area is 221 Å². The Morgan fingerprint density at radius 3 is 2.37 bits per heavy atom. The summed E-state index contributed by atoms with van der Waals surface area (Å²) in [6.45, 7) is 3.25. The normalized spacial score (nSPS) is 17.7. The maximum atomic E-state index is 13.6. The second-order valence-corrected chi connectivity index (χ2v) is 10.0. The van der Waals surface area contributed by atoms with Crippen LogP contribution in [0.25, 0.3) is 10.9 Å². The summed E-state index contributed by atoms with van der Waals surface area (Å²) in [7, 11) is 3.20. The molecule has 1 aliphatic carbocycles. The van der Waals surface area contributed by atoms with Gasteiger partial charge in [0.25, 0.3) is 5.56 Å². The first-order chi connectivity index (χ1) is 18.7. The molecule has 3 heterocycles. The maximum absolute atomic E-state index is 13.6. The van der Waals surface area contributed by atoms with Crippen molar-refractivity contribution in [2.24, 2.45) is 0 Å². The number of H-pyrrole nitrogens is 1. The number of fused-ring (bicyclic) bond motifs is 1. The molecule has 1 N–H and O–H groups in total. The molecular weight excluding hydrogens is 482 g/mol. The van der Waals surface area contributed by atoms with Crippen LogP contribution in [0.4, 0.5) is 5.69 Å². The van der Waals surface area contributed by atoms with Gasteiger partial charge < -0.3 is 19.4 Å². The summed E-state index contributed by atoms with van der Waals surface area (Å²) in [5, 5.41) is 13.9. The number of hydrogen-bond acceptors (Lipinski definition) is 8. The Hall–Kier alpha value is -3.92. The Kier molecular flexibility index (Phi) is 6.71. The first-order valence-electron chi connectivity index (χ1n) is 13.3. The summed E-state index contributed by atoms with van der Waals surface area (Å²) in [6, 6.07) is 16.0. The summed E-state index contributed by atoms with van der Waals surface area (Å²) >= 11 is 0. The first kappa shape index (κ1) is 24.4. The molecule has 1 atom stereocenters. The molecule has 1 aliphatic heterocycles. The van der Waals surface area contributed by atoms with Crippen molar-refractivity contribution >= 4 is 16.6 Å². The van der Waals surface area contributed by atoms with E-state index in [4.69, 9.17) is 9.47 Å². The van der Waals surface area contributed by atoms with Crippen molar-refractivity contribution in [3.8, 4) is 11.5 Å². The Balaban J connectivity index is 1.42. The molecule has 6 rings (SSSR count). The van der Waals surface area contributed by atoms with E-state index < -0.39 is 0 Å². The lowest BCUT2D eigenvalue weighted by atomic mass is 10.0. The van der Waals surface area contributed by atoms with Crippen molar-refractivity contribution in [3.63, 3.8) is 0 Å². The Morgan fingerprint density at radius 1 is 0.947 bits per heavy atom. The van der Waals surface area contributed by atoms with Crippen LogP contribution in [0.15, 0.2) is 53.3 Å². The van der Waals surface area contributed by atoms with Gasteiger partial charge in [-0.2, -0.15) is 0 Å². The summed E-state index contributed by atoms with van der Waals surface area (Å²) in [5.41, 5.74) is 2.39. The van der Waals surface area contributed by atoms with Crippen molar-refractivity contribution in [2.75, 3.05) is 45.3 Å². The Bertz CT molecular complexity index is 1450. The zero-order chi connectivity index (χ0) is 26.1. The molecule has 0 amide bonds. The molecule has 2 aromatic carbocycles. The number of nitrogens with zero attached hydrogens (tertiary/aromatic N) is 6. The summed E-state index contributed by atoms with van der Waals surface area (Å²) in [6.07, 6.45) is 4.44. The highest BCUT2D eigenvalue weighted by molar-refractivity contribution is 5.83. The van der Waals surface area contributed by atoms with Crippen LogP contribution in [0.3, 0.4) is 0 Å². The average molecular weight is 516 g/mol. The van der Waals surface area contributed by atoms with Crippen molar-refractivity contribution < 1.29 is 9.47 Å². The number of nitrogens with one attached hydrogen (secondary N) is 1. The van der Waals surface area contributed by atoms with Crippen LogP contribution in [0.5, 0.6) is 11.5 Å². The topological polar surface area (TPSA) is 101 Å². The van der Waals surface area contributed by atoms with E-state index in [0.717, 1.165) is 50.2 Å². The van der Waals surface area contributed by atoms with E-state index in [1.54, 1.807) is 20.3 Å². The standard InChI is InChI=1S/C28H33N7O3/c1-37-24-17-19-16-22(28(36)29-23(19)18-25(24)38-2)26(27-30-31-32-35(27)21-10-6-7-11-21)34-14-12-33(13-15-34)20-8-4-3-5-9-20/h3-5,8-9,16-18,21,26H,6-7,10-15H2,1-2H3,(H,29,36). The fraction of sp³-hybridized carbons (Fsp3) is 0.429. The highest BCUT2D eigenvalue weighted by Gasteiger charge is 2.35. The minimum Gasteiger partial charge on any atom is -0.493 e. The van der Waals surface area contributed by atoms with Gasteiger partial charge in [-0.3, -0.25) is 9.69 Å². The number of pyridine rings is 1. The number of tetrazole rings is 1.